The van der Waals surface area contributed by atoms with Crippen LogP contribution in [0.5, 0.6) is 0 Å². The molecule has 1 unspecified atom stereocenters. The summed E-state index contributed by atoms with van der Waals surface area (Å²) in [5.74, 6) is -1.77. The summed E-state index contributed by atoms with van der Waals surface area (Å²) in [5, 5.41) is 13.8. The van der Waals surface area contributed by atoms with Gasteiger partial charge in [0.1, 0.15) is 5.82 Å². The number of carboxylic acids is 1. The second-order valence-electron chi connectivity index (χ2n) is 8.88. The Kier molecular flexibility index (Phi) is 7.09. The van der Waals surface area contributed by atoms with E-state index in [2.05, 4.69) is 10.3 Å². The molecule has 1 aliphatic rings. The number of aliphatic carboxylic acids is 1. The Hall–Kier alpha value is -3.82. The van der Waals surface area contributed by atoms with Crippen LogP contribution in [0.25, 0.3) is 10.8 Å². The van der Waals surface area contributed by atoms with Crippen LogP contribution in [-0.2, 0) is 27.3 Å². The monoisotopic (exact) mass is 475 g/mol. The number of pyridine rings is 1. The maximum Gasteiger partial charge on any atom is 0.317 e. The number of amides is 1. The standard InChI is InChI=1S/C26H29N5O4/c27-24-20-8-7-18(13-19(20)9-11-29-24)16-31-12-4-10-26(31,25(28)35)23(34)21(30-15-22(32)33)14-17-5-2-1-3-6-17/h1-3,5-9,11,13,21,30H,4,10,12,14-16H2,(H2,27,29)(H2,28,35)(H,32,33)/t21?,26-/m1/s1. The summed E-state index contributed by atoms with van der Waals surface area (Å²) < 4.78 is 0. The average Bonchev–Trinajstić information content (AvgIpc) is 3.26. The van der Waals surface area contributed by atoms with Gasteiger partial charge in [0.05, 0.1) is 12.6 Å². The molecule has 0 bridgehead atoms. The van der Waals surface area contributed by atoms with Crippen molar-refractivity contribution in [3.8, 4) is 0 Å². The molecule has 9 nitrogen and oxygen atoms in total. The fourth-order valence-electron chi connectivity index (χ4n) is 4.94. The lowest BCUT2D eigenvalue weighted by atomic mass is 9.83. The van der Waals surface area contributed by atoms with Crippen molar-refractivity contribution in [3.05, 3.63) is 71.9 Å². The van der Waals surface area contributed by atoms with Gasteiger partial charge in [-0.15, -0.1) is 0 Å². The van der Waals surface area contributed by atoms with Crippen molar-refractivity contribution < 1.29 is 19.5 Å². The van der Waals surface area contributed by atoms with Crippen LogP contribution in [0.2, 0.25) is 0 Å². The number of hydrogen-bond acceptors (Lipinski definition) is 7. The highest BCUT2D eigenvalue weighted by atomic mass is 16.4. The van der Waals surface area contributed by atoms with E-state index in [1.807, 2.05) is 59.5 Å². The van der Waals surface area contributed by atoms with Crippen LogP contribution in [0.4, 0.5) is 5.82 Å². The maximum absolute atomic E-state index is 14.0. The van der Waals surface area contributed by atoms with Gasteiger partial charge in [-0.05, 0) is 47.9 Å². The predicted octanol–water partition coefficient (Wildman–Crippen LogP) is 1.49. The van der Waals surface area contributed by atoms with Crippen molar-refractivity contribution >= 4 is 34.3 Å². The Morgan fingerprint density at radius 2 is 1.89 bits per heavy atom. The van der Waals surface area contributed by atoms with Gasteiger partial charge in [-0.1, -0.05) is 42.5 Å². The molecule has 1 amide bonds. The number of carboxylic acid groups (broad SMARTS) is 1. The predicted molar refractivity (Wildman–Crippen MR) is 132 cm³/mol. The number of hydrogen-bond donors (Lipinski definition) is 4. The number of carbonyl (C=O) groups excluding carboxylic acids is 2. The fourth-order valence-corrected chi connectivity index (χ4v) is 4.94. The number of anilines is 1. The molecular weight excluding hydrogens is 446 g/mol. The Balaban J connectivity index is 1.65. The molecule has 0 aliphatic carbocycles. The number of fused-ring (bicyclic) bond motifs is 1. The smallest absolute Gasteiger partial charge is 0.317 e. The number of nitrogens with one attached hydrogen (secondary N) is 1. The molecule has 1 aromatic heterocycles. The lowest BCUT2D eigenvalue weighted by Crippen LogP contribution is -2.64. The molecule has 9 heteroatoms. The number of carbonyl (C=O) groups is 3. The number of nitrogens with zero attached hydrogens (tertiary/aromatic N) is 2. The number of primary amides is 1. The van der Waals surface area contributed by atoms with E-state index >= 15 is 0 Å². The maximum atomic E-state index is 14.0. The third-order valence-electron chi connectivity index (χ3n) is 6.65. The number of nitrogen functional groups attached to an aromatic ring is 1. The fraction of sp³-hybridized carbons (Fsp3) is 0.308. The molecule has 2 aromatic carbocycles. The van der Waals surface area contributed by atoms with Crippen LogP contribution in [0.1, 0.15) is 24.0 Å². The minimum absolute atomic E-state index is 0.248. The molecule has 1 saturated heterocycles. The number of rotatable bonds is 10. The number of aromatic nitrogens is 1. The summed E-state index contributed by atoms with van der Waals surface area (Å²) in [5.41, 5.74) is 12.1. The van der Waals surface area contributed by atoms with E-state index in [0.29, 0.717) is 25.3 Å². The SMILES string of the molecule is NC(=O)[C@]1(C(=O)C(Cc2ccccc2)NCC(=O)O)CCCN1Cc1ccc2c(N)nccc2c1. The Labute approximate surface area is 203 Å². The number of benzene rings is 2. The van der Waals surface area contributed by atoms with E-state index in [0.717, 1.165) is 21.9 Å². The summed E-state index contributed by atoms with van der Waals surface area (Å²) in [7, 11) is 0. The van der Waals surface area contributed by atoms with Crippen molar-refractivity contribution in [1.82, 2.24) is 15.2 Å². The number of ketones is 1. The third kappa shape index (κ3) is 5.01. The van der Waals surface area contributed by atoms with Gasteiger partial charge >= 0.3 is 5.97 Å². The van der Waals surface area contributed by atoms with Gasteiger partial charge in [0.25, 0.3) is 0 Å². The summed E-state index contributed by atoms with van der Waals surface area (Å²) in [6, 6.07) is 16.0. The molecule has 0 radical (unpaired) electrons. The zero-order valence-electron chi connectivity index (χ0n) is 19.3. The number of nitrogens with two attached hydrogens (primary N) is 2. The molecule has 6 N–H and O–H groups in total. The highest BCUT2D eigenvalue weighted by molar-refractivity contribution is 6.12. The second-order valence-corrected chi connectivity index (χ2v) is 8.88. The highest BCUT2D eigenvalue weighted by Crippen LogP contribution is 2.34. The first kappa shape index (κ1) is 24.3. The Bertz CT molecular complexity index is 1250. The van der Waals surface area contributed by atoms with E-state index in [-0.39, 0.29) is 12.8 Å². The first-order valence-electron chi connectivity index (χ1n) is 11.5. The molecule has 1 fully saturated rings. The topological polar surface area (TPSA) is 152 Å². The summed E-state index contributed by atoms with van der Waals surface area (Å²) in [4.78, 5) is 44.1. The van der Waals surface area contributed by atoms with Crippen LogP contribution in [0.15, 0.2) is 60.8 Å². The number of likely N-dealkylation sites (tertiary alicyclic amines) is 1. The van der Waals surface area contributed by atoms with Crippen LogP contribution in [0.3, 0.4) is 0 Å². The molecule has 4 rings (SSSR count). The van der Waals surface area contributed by atoms with Crippen molar-refractivity contribution in [2.24, 2.45) is 5.73 Å². The van der Waals surface area contributed by atoms with Crippen molar-refractivity contribution in [3.63, 3.8) is 0 Å². The van der Waals surface area contributed by atoms with Gasteiger partial charge in [0.2, 0.25) is 5.91 Å². The van der Waals surface area contributed by atoms with Crippen LogP contribution < -0.4 is 16.8 Å². The number of Topliss-reactive ketones (excluding diaryl/α,β-unsaturated/α-hetero) is 1. The molecule has 0 saturated carbocycles. The van der Waals surface area contributed by atoms with Crippen molar-refractivity contribution in [2.75, 3.05) is 18.8 Å². The lowest BCUT2D eigenvalue weighted by Gasteiger charge is -2.37. The summed E-state index contributed by atoms with van der Waals surface area (Å²) >= 11 is 0. The first-order chi connectivity index (χ1) is 16.8. The van der Waals surface area contributed by atoms with E-state index in [4.69, 9.17) is 11.5 Å². The third-order valence-corrected chi connectivity index (χ3v) is 6.65. The minimum atomic E-state index is -1.53. The van der Waals surface area contributed by atoms with Crippen LogP contribution in [-0.4, -0.2) is 57.3 Å². The van der Waals surface area contributed by atoms with Crippen molar-refractivity contribution in [2.45, 2.75) is 37.4 Å². The van der Waals surface area contributed by atoms with Crippen LogP contribution in [0, 0.1) is 0 Å². The van der Waals surface area contributed by atoms with E-state index in [1.165, 1.54) is 0 Å². The molecule has 3 aromatic rings. The van der Waals surface area contributed by atoms with Crippen molar-refractivity contribution in [1.29, 1.82) is 0 Å². The van der Waals surface area contributed by atoms with Gasteiger partial charge < -0.3 is 16.6 Å². The molecule has 0 spiro atoms. The average molecular weight is 476 g/mol. The second kappa shape index (κ2) is 10.2. The highest BCUT2D eigenvalue weighted by Gasteiger charge is 2.54. The van der Waals surface area contributed by atoms with Gasteiger partial charge in [0.15, 0.2) is 11.3 Å². The lowest BCUT2D eigenvalue weighted by molar-refractivity contribution is -0.143. The quantitative estimate of drug-likeness (QED) is 0.322. The molecule has 1 aliphatic heterocycles. The summed E-state index contributed by atoms with van der Waals surface area (Å²) in [6.07, 6.45) is 2.79. The first-order valence-corrected chi connectivity index (χ1v) is 11.5. The van der Waals surface area contributed by atoms with Gasteiger partial charge in [-0.3, -0.25) is 24.6 Å². The van der Waals surface area contributed by atoms with E-state index in [9.17, 15) is 19.5 Å². The van der Waals surface area contributed by atoms with Gasteiger partial charge in [0, 0.05) is 24.7 Å². The summed E-state index contributed by atoms with van der Waals surface area (Å²) in [6.45, 7) is 0.449. The van der Waals surface area contributed by atoms with E-state index < -0.39 is 35.8 Å². The Morgan fingerprint density at radius 3 is 2.60 bits per heavy atom. The van der Waals surface area contributed by atoms with E-state index in [1.54, 1.807) is 6.20 Å². The van der Waals surface area contributed by atoms with Gasteiger partial charge in [-0.2, -0.15) is 0 Å². The van der Waals surface area contributed by atoms with Crippen LogP contribution >= 0.6 is 0 Å². The normalized spacial score (nSPS) is 19.0. The molecule has 2 atom stereocenters. The Morgan fingerprint density at radius 1 is 1.11 bits per heavy atom. The zero-order valence-corrected chi connectivity index (χ0v) is 19.3. The zero-order chi connectivity index (χ0) is 25.0. The molecule has 2 heterocycles. The largest absolute Gasteiger partial charge is 0.480 e. The molecule has 35 heavy (non-hydrogen) atoms. The van der Waals surface area contributed by atoms with Gasteiger partial charge in [-0.25, -0.2) is 4.98 Å². The minimum Gasteiger partial charge on any atom is -0.480 e. The molecule has 182 valence electrons. The molecular formula is C26H29N5O4.